The number of carbonyl (C=O) groups is 1. The molecule has 0 aliphatic carbocycles. The molecule has 1 N–H and O–H groups in total. The average molecular weight is 324 g/mol. The zero-order chi connectivity index (χ0) is 16.9. The molecule has 0 radical (unpaired) electrons. The average Bonchev–Trinajstić information content (AvgIpc) is 2.48. The van der Waals surface area contributed by atoms with Gasteiger partial charge in [-0.15, -0.1) is 13.2 Å². The Labute approximate surface area is 129 Å². The van der Waals surface area contributed by atoms with E-state index < -0.39 is 12.3 Å². The number of benzene rings is 2. The Morgan fingerprint density at radius 2 is 1.83 bits per heavy atom. The number of carboxylic acids is 1. The number of alkyl halides is 3. The Hall–Kier alpha value is -2.90. The monoisotopic (exact) mass is 324 g/mol. The van der Waals surface area contributed by atoms with Crippen molar-refractivity contribution < 1.29 is 27.8 Å². The number of hydrogen-bond acceptors (Lipinski definition) is 4. The lowest BCUT2D eigenvalue weighted by atomic mass is 10.2. The third kappa shape index (κ3) is 5.42. The number of ether oxygens (including phenoxy) is 1. The lowest BCUT2D eigenvalue weighted by molar-refractivity contribution is -0.274. The van der Waals surface area contributed by atoms with Crippen molar-refractivity contribution in [3.8, 4) is 5.75 Å². The lowest BCUT2D eigenvalue weighted by Gasteiger charge is -2.08. The summed E-state index contributed by atoms with van der Waals surface area (Å²) in [6.07, 6.45) is -4.73. The van der Waals surface area contributed by atoms with Crippen molar-refractivity contribution in [3.63, 3.8) is 0 Å². The SMILES string of the molecule is O=C(O)c1cccc(N=NCc2ccc(OC(F)(F)F)cc2)c1. The molecule has 5 nitrogen and oxygen atoms in total. The van der Waals surface area contributed by atoms with Crippen molar-refractivity contribution in [1.82, 2.24) is 0 Å². The molecule has 0 saturated carbocycles. The van der Waals surface area contributed by atoms with Crippen molar-refractivity contribution in [2.75, 3.05) is 0 Å². The van der Waals surface area contributed by atoms with E-state index in [0.29, 0.717) is 11.3 Å². The molecule has 0 bridgehead atoms. The van der Waals surface area contributed by atoms with Crippen LogP contribution in [0.1, 0.15) is 15.9 Å². The van der Waals surface area contributed by atoms with Gasteiger partial charge in [0.05, 0.1) is 17.8 Å². The van der Waals surface area contributed by atoms with E-state index in [1.165, 1.54) is 36.4 Å². The van der Waals surface area contributed by atoms with Crippen molar-refractivity contribution >= 4 is 11.7 Å². The Kier molecular flexibility index (Phi) is 4.95. The van der Waals surface area contributed by atoms with Crippen molar-refractivity contribution in [3.05, 3.63) is 59.7 Å². The van der Waals surface area contributed by atoms with Gasteiger partial charge >= 0.3 is 12.3 Å². The van der Waals surface area contributed by atoms with Crippen LogP contribution in [-0.4, -0.2) is 17.4 Å². The molecule has 8 heteroatoms. The maximum atomic E-state index is 12.0. The highest BCUT2D eigenvalue weighted by Crippen LogP contribution is 2.23. The molecule has 120 valence electrons. The van der Waals surface area contributed by atoms with Crippen LogP contribution in [0.3, 0.4) is 0 Å². The highest BCUT2D eigenvalue weighted by molar-refractivity contribution is 5.88. The molecule has 0 fully saturated rings. The first-order chi connectivity index (χ1) is 10.8. The number of hydrogen-bond donors (Lipinski definition) is 1. The second-order valence-corrected chi connectivity index (χ2v) is 4.45. The molecule has 0 aliphatic heterocycles. The first-order valence-corrected chi connectivity index (χ1v) is 6.39. The number of halogens is 3. The van der Waals surface area contributed by atoms with E-state index >= 15 is 0 Å². The second-order valence-electron chi connectivity index (χ2n) is 4.45. The number of azo groups is 1. The molecule has 0 aliphatic rings. The molecule has 0 saturated heterocycles. The predicted octanol–water partition coefficient (Wildman–Crippen LogP) is 4.57. The van der Waals surface area contributed by atoms with Crippen LogP contribution in [-0.2, 0) is 6.54 Å². The normalized spacial score (nSPS) is 11.6. The Morgan fingerprint density at radius 1 is 1.13 bits per heavy atom. The Morgan fingerprint density at radius 3 is 2.43 bits per heavy atom. The molecule has 0 amide bonds. The van der Waals surface area contributed by atoms with Crippen LogP contribution in [0, 0.1) is 0 Å². The molecule has 0 aromatic heterocycles. The summed E-state index contributed by atoms with van der Waals surface area (Å²) in [6, 6.07) is 11.2. The Balaban J connectivity index is 1.98. The van der Waals surface area contributed by atoms with E-state index in [0.717, 1.165) is 0 Å². The topological polar surface area (TPSA) is 71.2 Å². The van der Waals surface area contributed by atoms with Gasteiger partial charge in [-0.05, 0) is 35.9 Å². The highest BCUT2D eigenvalue weighted by atomic mass is 19.4. The third-order valence-corrected chi connectivity index (χ3v) is 2.69. The summed E-state index contributed by atoms with van der Waals surface area (Å²) in [7, 11) is 0. The van der Waals surface area contributed by atoms with E-state index in [9.17, 15) is 18.0 Å². The summed E-state index contributed by atoms with van der Waals surface area (Å²) in [5.74, 6) is -1.38. The van der Waals surface area contributed by atoms with Crippen LogP contribution in [0.2, 0.25) is 0 Å². The largest absolute Gasteiger partial charge is 0.573 e. The Bertz CT molecular complexity index is 713. The van der Waals surface area contributed by atoms with Crippen molar-refractivity contribution in [1.29, 1.82) is 0 Å². The summed E-state index contributed by atoms with van der Waals surface area (Å²) in [6.45, 7) is 0.142. The fourth-order valence-electron chi connectivity index (χ4n) is 1.70. The van der Waals surface area contributed by atoms with E-state index in [2.05, 4.69) is 15.0 Å². The standard InChI is InChI=1S/C15H11F3N2O3/c16-15(17,18)23-13-6-4-10(5-7-13)9-19-20-12-3-1-2-11(8-12)14(21)22/h1-8H,9H2,(H,21,22). The van der Waals surface area contributed by atoms with Gasteiger partial charge in [0.2, 0.25) is 0 Å². The zero-order valence-electron chi connectivity index (χ0n) is 11.6. The van der Waals surface area contributed by atoms with Gasteiger partial charge in [-0.1, -0.05) is 18.2 Å². The predicted molar refractivity (Wildman–Crippen MR) is 74.7 cm³/mol. The van der Waals surface area contributed by atoms with Crippen LogP contribution in [0.5, 0.6) is 5.75 Å². The fourth-order valence-corrected chi connectivity index (χ4v) is 1.70. The van der Waals surface area contributed by atoms with Gasteiger partial charge in [0.1, 0.15) is 5.75 Å². The van der Waals surface area contributed by atoms with Gasteiger partial charge < -0.3 is 9.84 Å². The number of rotatable bonds is 5. The molecular weight excluding hydrogens is 313 g/mol. The van der Waals surface area contributed by atoms with Gasteiger partial charge in [-0.25, -0.2) is 4.79 Å². The summed E-state index contributed by atoms with van der Waals surface area (Å²) in [5, 5.41) is 16.6. The molecule has 0 unspecified atom stereocenters. The number of aromatic carboxylic acids is 1. The second kappa shape index (κ2) is 6.91. The number of carboxylic acid groups (broad SMARTS) is 1. The summed E-state index contributed by atoms with van der Waals surface area (Å²) >= 11 is 0. The zero-order valence-corrected chi connectivity index (χ0v) is 11.6. The minimum Gasteiger partial charge on any atom is -0.478 e. The number of nitrogens with zero attached hydrogens (tertiary/aromatic N) is 2. The molecule has 0 atom stereocenters. The molecule has 2 aromatic carbocycles. The van der Waals surface area contributed by atoms with Crippen LogP contribution in [0.4, 0.5) is 18.9 Å². The first kappa shape index (κ1) is 16.5. The first-order valence-electron chi connectivity index (χ1n) is 6.39. The van der Waals surface area contributed by atoms with Crippen molar-refractivity contribution in [2.24, 2.45) is 10.2 Å². The molecule has 2 rings (SSSR count). The van der Waals surface area contributed by atoms with E-state index in [1.54, 1.807) is 12.1 Å². The molecule has 0 heterocycles. The highest BCUT2D eigenvalue weighted by Gasteiger charge is 2.30. The fraction of sp³-hybridized carbons (Fsp3) is 0.133. The van der Waals surface area contributed by atoms with E-state index in [-0.39, 0.29) is 17.9 Å². The van der Waals surface area contributed by atoms with E-state index in [4.69, 9.17) is 5.11 Å². The van der Waals surface area contributed by atoms with Crippen molar-refractivity contribution in [2.45, 2.75) is 12.9 Å². The summed E-state index contributed by atoms with van der Waals surface area (Å²) in [4.78, 5) is 10.8. The van der Waals surface area contributed by atoms with E-state index in [1.807, 2.05) is 0 Å². The molecule has 23 heavy (non-hydrogen) atoms. The summed E-state index contributed by atoms with van der Waals surface area (Å²) in [5.41, 5.74) is 1.11. The van der Waals surface area contributed by atoms with Gasteiger partial charge in [-0.2, -0.15) is 10.2 Å². The van der Waals surface area contributed by atoms with Crippen LogP contribution >= 0.6 is 0 Å². The van der Waals surface area contributed by atoms with Crippen LogP contribution in [0.25, 0.3) is 0 Å². The van der Waals surface area contributed by atoms with Crippen LogP contribution < -0.4 is 4.74 Å². The van der Waals surface area contributed by atoms with Crippen LogP contribution in [0.15, 0.2) is 58.8 Å². The maximum Gasteiger partial charge on any atom is 0.573 e. The minimum atomic E-state index is -4.73. The quantitative estimate of drug-likeness (QED) is 0.819. The lowest BCUT2D eigenvalue weighted by Crippen LogP contribution is -2.16. The molecular formula is C15H11F3N2O3. The summed E-state index contributed by atoms with van der Waals surface area (Å²) < 4.78 is 39.8. The van der Waals surface area contributed by atoms with Gasteiger partial charge in [0.15, 0.2) is 0 Å². The smallest absolute Gasteiger partial charge is 0.478 e. The van der Waals surface area contributed by atoms with Gasteiger partial charge in [0.25, 0.3) is 0 Å². The van der Waals surface area contributed by atoms with Gasteiger partial charge in [0, 0.05) is 0 Å². The molecule has 0 spiro atoms. The minimum absolute atomic E-state index is 0.0927. The molecule has 2 aromatic rings. The van der Waals surface area contributed by atoms with Gasteiger partial charge in [-0.3, -0.25) is 0 Å². The maximum absolute atomic E-state index is 12.0. The third-order valence-electron chi connectivity index (χ3n) is 2.69.